The van der Waals surface area contributed by atoms with E-state index in [1.54, 1.807) is 125 Å². The number of benzene rings is 3. The Morgan fingerprint density at radius 3 is 2.00 bits per heavy atom. The van der Waals surface area contributed by atoms with Gasteiger partial charge in [-0.3, -0.25) is 9.59 Å². The van der Waals surface area contributed by atoms with Crippen molar-refractivity contribution in [3.63, 3.8) is 0 Å². The summed E-state index contributed by atoms with van der Waals surface area (Å²) in [7, 11) is 0. The minimum Gasteiger partial charge on any atom is -0.456 e. The molecule has 1 amide bonds. The Hall–Kier alpha value is -1.18. The van der Waals surface area contributed by atoms with Crippen LogP contribution in [-0.4, -0.2) is 118 Å². The van der Waals surface area contributed by atoms with Crippen molar-refractivity contribution in [1.29, 1.82) is 0 Å². The van der Waals surface area contributed by atoms with Crippen LogP contribution in [0.1, 0.15) is 72.9 Å². The molecule has 1 heterocycles. The molecule has 2 saturated carbocycles. The van der Waals surface area contributed by atoms with E-state index in [0.29, 0.717) is 16.7 Å². The molecule has 338 valence electrons. The molecule has 1 saturated heterocycles. The van der Waals surface area contributed by atoms with Crippen molar-refractivity contribution in [3.8, 4) is 0 Å². The van der Waals surface area contributed by atoms with Crippen molar-refractivity contribution < 1.29 is 146 Å². The van der Waals surface area contributed by atoms with Gasteiger partial charge in [0.1, 0.15) is 29.5 Å². The van der Waals surface area contributed by atoms with Gasteiger partial charge in [-0.15, -0.1) is 23.5 Å². The monoisotopic (exact) mass is 1340 g/mol. The fraction of sp³-hybridized carbons (Fsp3) is 0.489. The van der Waals surface area contributed by atoms with Gasteiger partial charge >= 0.3 is 11.9 Å². The molecular formula is C47H55Ac2NO12S2. The van der Waals surface area contributed by atoms with Crippen LogP contribution in [0.25, 0.3) is 0 Å². The Kier molecular flexibility index (Phi) is 18.5. The van der Waals surface area contributed by atoms with E-state index >= 15 is 4.79 Å². The summed E-state index contributed by atoms with van der Waals surface area (Å²) >= 11 is 2.69. The zero-order chi connectivity index (χ0) is 44.6. The first-order chi connectivity index (χ1) is 29.5. The van der Waals surface area contributed by atoms with Gasteiger partial charge in [-0.25, -0.2) is 9.59 Å². The largest absolute Gasteiger partial charge is 0.456 e. The Bertz CT molecular complexity index is 2170. The molecule has 0 aromatic heterocycles. The van der Waals surface area contributed by atoms with Crippen molar-refractivity contribution in [3.05, 3.63) is 119 Å². The SMILES string of the molecule is CSCOC(C(=O)OC1CC2(O)C(OC(=O)c3ccccc3)C3C4(O)COC4CC(OCSC)[C@@]3(C)C(=O)C(O)C(=C1C)C2(C)C)C(NC(=O)c1ccccc1)c1ccccc1.[Ac].[Ac]. The second-order valence-corrected chi connectivity index (χ2v) is 18.9. The maximum atomic E-state index is 15.3. The third-order valence-corrected chi connectivity index (χ3v) is 14.4. The minimum absolute atomic E-state index is 0. The van der Waals surface area contributed by atoms with Gasteiger partial charge in [0.15, 0.2) is 11.9 Å². The molecule has 1 aliphatic heterocycles. The van der Waals surface area contributed by atoms with Gasteiger partial charge in [0.25, 0.3) is 5.91 Å². The van der Waals surface area contributed by atoms with Crippen LogP contribution in [0.5, 0.6) is 0 Å². The van der Waals surface area contributed by atoms with E-state index in [0.717, 1.165) is 0 Å². The van der Waals surface area contributed by atoms with E-state index in [1.165, 1.54) is 23.5 Å². The predicted molar refractivity (Wildman–Crippen MR) is 233 cm³/mol. The van der Waals surface area contributed by atoms with Crippen LogP contribution in [0.3, 0.4) is 0 Å². The summed E-state index contributed by atoms with van der Waals surface area (Å²) < 4.78 is 31.2. The number of amides is 1. The molecule has 2 bridgehead atoms. The van der Waals surface area contributed by atoms with Crippen LogP contribution < -0.4 is 5.32 Å². The molecule has 3 fully saturated rings. The van der Waals surface area contributed by atoms with Crippen molar-refractivity contribution >= 4 is 47.2 Å². The number of carbonyl (C=O) groups is 4. The van der Waals surface area contributed by atoms with Crippen LogP contribution in [-0.2, 0) is 33.3 Å². The van der Waals surface area contributed by atoms with E-state index in [-0.39, 0.29) is 131 Å². The number of aliphatic hydroxyl groups is 3. The number of esters is 2. The zero-order valence-electron chi connectivity index (χ0n) is 36.8. The summed E-state index contributed by atoms with van der Waals surface area (Å²) in [5, 5.41) is 41.7. The Morgan fingerprint density at radius 2 is 1.44 bits per heavy atom. The van der Waals surface area contributed by atoms with Crippen LogP contribution in [0.4, 0.5) is 0 Å². The molecule has 11 atom stereocenters. The molecule has 4 N–H and O–H groups in total. The first-order valence-corrected chi connectivity index (χ1v) is 23.4. The predicted octanol–water partition coefficient (Wildman–Crippen LogP) is 5.28. The molecular weight excluding hydrogens is 1290 g/mol. The van der Waals surface area contributed by atoms with Gasteiger partial charge in [-0.1, -0.05) is 80.6 Å². The van der Waals surface area contributed by atoms with Crippen molar-refractivity contribution in [1.82, 2.24) is 5.32 Å². The fourth-order valence-electron chi connectivity index (χ4n) is 10.2. The molecule has 0 spiro atoms. The Labute approximate surface area is 454 Å². The van der Waals surface area contributed by atoms with E-state index in [4.69, 9.17) is 23.7 Å². The van der Waals surface area contributed by atoms with E-state index in [1.807, 2.05) is 6.26 Å². The van der Waals surface area contributed by atoms with Gasteiger partial charge in [-0.2, -0.15) is 0 Å². The number of hydrogen-bond donors (Lipinski definition) is 4. The number of rotatable bonds is 14. The number of thioether (sulfide) groups is 2. The van der Waals surface area contributed by atoms with Crippen molar-refractivity contribution in [2.75, 3.05) is 31.0 Å². The summed E-state index contributed by atoms with van der Waals surface area (Å²) in [5.41, 5.74) is -5.85. The number of nitrogens with one attached hydrogen (secondary N) is 1. The number of hydrogen-bond acceptors (Lipinski definition) is 14. The van der Waals surface area contributed by atoms with Crippen LogP contribution in [0.15, 0.2) is 102 Å². The molecule has 4 aliphatic rings. The number of Topliss-reactive ketones (excluding diaryl/α,β-unsaturated/α-hetero) is 1. The van der Waals surface area contributed by atoms with Gasteiger partial charge in [0.05, 0.1) is 47.7 Å². The zero-order valence-corrected chi connectivity index (χ0v) is 47.9. The van der Waals surface area contributed by atoms with Gasteiger partial charge in [-0.05, 0) is 67.3 Å². The normalized spacial score (nSPS) is 31.1. The summed E-state index contributed by atoms with van der Waals surface area (Å²) in [4.78, 5) is 58.0. The first kappa shape index (κ1) is 53.8. The summed E-state index contributed by atoms with van der Waals surface area (Å²) in [6.07, 6.45) is -4.72. The maximum Gasteiger partial charge on any atom is 0.338 e. The van der Waals surface area contributed by atoms with E-state index in [2.05, 4.69) is 5.32 Å². The molecule has 10 unspecified atom stereocenters. The maximum absolute atomic E-state index is 15.3. The average molecular weight is 1340 g/mol. The molecule has 3 aromatic carbocycles. The Balaban J connectivity index is 0.00000385. The molecule has 17 heteroatoms. The third kappa shape index (κ3) is 9.83. The summed E-state index contributed by atoms with van der Waals surface area (Å²) in [6, 6.07) is 24.5. The molecule has 13 nitrogen and oxygen atoms in total. The molecule has 2 radical (unpaired) electrons. The van der Waals surface area contributed by atoms with Crippen LogP contribution >= 0.6 is 23.5 Å². The molecule has 64 heavy (non-hydrogen) atoms. The molecule has 7 rings (SSSR count). The standard InChI is InChI=1S/C47H55NO12S2.2Ac/c1-27-31(59-43(53)37(58-26-62-6)35(28-16-10-7-11-17-28)48-41(51)29-18-12-8-13-19-29)23-47(55)40(60-42(52)30-20-14-9-15-21-30)38-45(4,39(50)36(49)34(27)44(47,2)3)32(57-25-61-5)22-33-46(38,54)24-56-33;;/h7-21,31-33,35-38,40,49,54-55H,22-26H2,1-6H3,(H,48,51);;/t31?,32?,33?,35?,36?,37?,38?,40?,45-,46?,47?;;/m1../s1. The van der Waals surface area contributed by atoms with Gasteiger partial charge in [0.2, 0.25) is 0 Å². The summed E-state index contributed by atoms with van der Waals surface area (Å²) in [6.45, 7) is 6.27. The smallest absolute Gasteiger partial charge is 0.338 e. The van der Waals surface area contributed by atoms with Crippen molar-refractivity contribution in [2.24, 2.45) is 16.7 Å². The van der Waals surface area contributed by atoms with Crippen LogP contribution in [0.2, 0.25) is 0 Å². The number of fused-ring (bicyclic) bond motifs is 5. The van der Waals surface area contributed by atoms with Crippen molar-refractivity contribution in [2.45, 2.75) is 94.4 Å². The molecule has 3 aliphatic carbocycles. The first-order valence-electron chi connectivity index (χ1n) is 20.6. The summed E-state index contributed by atoms with van der Waals surface area (Å²) in [5.74, 6) is -4.07. The van der Waals surface area contributed by atoms with Crippen LogP contribution in [0, 0.1) is 105 Å². The van der Waals surface area contributed by atoms with Gasteiger partial charge < -0.3 is 44.3 Å². The second-order valence-electron chi connectivity index (χ2n) is 17.3. The van der Waals surface area contributed by atoms with Gasteiger partial charge in [0, 0.05) is 118 Å². The second kappa shape index (κ2) is 22.1. The van der Waals surface area contributed by atoms with E-state index in [9.17, 15) is 29.7 Å². The number of aliphatic hydroxyl groups excluding tert-OH is 1. The van der Waals surface area contributed by atoms with E-state index < -0.39 is 94.2 Å². The number of ether oxygens (including phenoxy) is 5. The topological polar surface area (TPSA) is 187 Å². The number of ketones is 1. The Morgan fingerprint density at radius 1 is 0.859 bits per heavy atom. The third-order valence-electron chi connectivity index (χ3n) is 13.6. The quantitative estimate of drug-likeness (QED) is 0.0928. The number of carbonyl (C=O) groups excluding carboxylic acids is 4. The molecule has 3 aromatic rings. The fourth-order valence-corrected chi connectivity index (χ4v) is 10.8. The minimum atomic E-state index is -2.22. The average Bonchev–Trinajstić information content (AvgIpc) is 3.26.